The van der Waals surface area contributed by atoms with E-state index in [1.807, 2.05) is 0 Å². The van der Waals surface area contributed by atoms with Crippen LogP contribution in [0.3, 0.4) is 0 Å². The molecule has 0 atom stereocenters. The van der Waals surface area contributed by atoms with E-state index in [4.69, 9.17) is 4.74 Å². The molecule has 0 amide bonds. The highest BCUT2D eigenvalue weighted by atomic mass is 19.3. The quantitative estimate of drug-likeness (QED) is 0.702. The van der Waals surface area contributed by atoms with Gasteiger partial charge in [0.25, 0.3) is 0 Å². The van der Waals surface area contributed by atoms with Gasteiger partial charge in [-0.3, -0.25) is 9.59 Å². The topological polar surface area (TPSA) is 43.4 Å². The molecule has 0 aromatic rings. The molecule has 0 aromatic carbocycles. The van der Waals surface area contributed by atoms with Gasteiger partial charge in [0.15, 0.2) is 0 Å². The summed E-state index contributed by atoms with van der Waals surface area (Å²) in [5.74, 6) is -3.41. The van der Waals surface area contributed by atoms with Crippen molar-refractivity contribution in [3.8, 4) is 0 Å². The van der Waals surface area contributed by atoms with E-state index >= 15 is 0 Å². The third-order valence-corrected chi connectivity index (χ3v) is 3.05. The van der Waals surface area contributed by atoms with Crippen LogP contribution in [0, 0.1) is 5.92 Å². The number of hydrogen-bond acceptors (Lipinski definition) is 3. The summed E-state index contributed by atoms with van der Waals surface area (Å²) in [4.78, 5) is 22.7. The Bertz CT molecular complexity index is 279. The molecule has 1 fully saturated rings. The minimum atomic E-state index is -2.61. The van der Waals surface area contributed by atoms with Crippen LogP contribution >= 0.6 is 0 Å². The highest BCUT2D eigenvalue weighted by Gasteiger charge is 2.37. The third-order valence-electron chi connectivity index (χ3n) is 3.05. The Morgan fingerprint density at radius 3 is 2.35 bits per heavy atom. The molecule has 17 heavy (non-hydrogen) atoms. The maximum absolute atomic E-state index is 12.9. The third kappa shape index (κ3) is 4.79. The molecule has 3 nitrogen and oxygen atoms in total. The van der Waals surface area contributed by atoms with E-state index in [0.717, 1.165) is 0 Å². The van der Waals surface area contributed by atoms with Gasteiger partial charge in [0.1, 0.15) is 5.78 Å². The van der Waals surface area contributed by atoms with Gasteiger partial charge >= 0.3 is 5.97 Å². The van der Waals surface area contributed by atoms with Gasteiger partial charge < -0.3 is 4.74 Å². The Labute approximate surface area is 99.5 Å². The van der Waals surface area contributed by atoms with Crippen molar-refractivity contribution in [1.82, 2.24) is 0 Å². The summed E-state index contributed by atoms with van der Waals surface area (Å²) < 4.78 is 30.4. The minimum absolute atomic E-state index is 0.0551. The second-order valence-corrected chi connectivity index (χ2v) is 4.40. The van der Waals surface area contributed by atoms with Crippen LogP contribution in [0.1, 0.15) is 45.4 Å². The Morgan fingerprint density at radius 1 is 1.24 bits per heavy atom. The smallest absolute Gasteiger partial charge is 0.306 e. The minimum Gasteiger partial charge on any atom is -0.466 e. The Hall–Kier alpha value is -1.00. The number of halogens is 2. The molecule has 0 spiro atoms. The van der Waals surface area contributed by atoms with Gasteiger partial charge in [0.05, 0.1) is 13.0 Å². The van der Waals surface area contributed by atoms with Gasteiger partial charge in [-0.05, 0) is 19.8 Å². The second kappa shape index (κ2) is 6.07. The average molecular weight is 248 g/mol. The summed E-state index contributed by atoms with van der Waals surface area (Å²) in [7, 11) is 0. The molecule has 0 aromatic heterocycles. The maximum Gasteiger partial charge on any atom is 0.306 e. The number of alkyl halides is 2. The number of esters is 1. The molecule has 5 heteroatoms. The molecular formula is C12H18F2O3. The van der Waals surface area contributed by atoms with Crippen LogP contribution in [0.5, 0.6) is 0 Å². The number of hydrogen-bond donors (Lipinski definition) is 0. The molecule has 0 unspecified atom stereocenters. The predicted molar refractivity (Wildman–Crippen MR) is 57.8 cm³/mol. The first-order valence-corrected chi connectivity index (χ1v) is 6.01. The lowest BCUT2D eigenvalue weighted by Crippen LogP contribution is -2.28. The fraction of sp³-hybridized carbons (Fsp3) is 0.833. The molecule has 1 saturated carbocycles. The molecule has 1 rings (SSSR count). The van der Waals surface area contributed by atoms with Crippen LogP contribution in [0.4, 0.5) is 8.78 Å². The zero-order valence-corrected chi connectivity index (χ0v) is 10.0. The van der Waals surface area contributed by atoms with Crippen LogP contribution in [0.25, 0.3) is 0 Å². The maximum atomic E-state index is 12.9. The van der Waals surface area contributed by atoms with E-state index < -0.39 is 11.9 Å². The number of ether oxygens (including phenoxy) is 1. The molecule has 1 aliphatic carbocycles. The van der Waals surface area contributed by atoms with E-state index in [2.05, 4.69) is 0 Å². The number of carbonyl (C=O) groups excluding carboxylic acids is 2. The van der Waals surface area contributed by atoms with Crippen molar-refractivity contribution in [3.63, 3.8) is 0 Å². The summed E-state index contributed by atoms with van der Waals surface area (Å²) in [5.41, 5.74) is 0. The van der Waals surface area contributed by atoms with Crippen molar-refractivity contribution in [2.75, 3.05) is 6.61 Å². The van der Waals surface area contributed by atoms with Crippen molar-refractivity contribution in [2.45, 2.75) is 51.4 Å². The molecule has 98 valence electrons. The van der Waals surface area contributed by atoms with E-state index in [-0.39, 0.29) is 50.2 Å². The second-order valence-electron chi connectivity index (χ2n) is 4.40. The Balaban J connectivity index is 2.27. The predicted octanol–water partition coefficient (Wildman–Crippen LogP) is 2.72. The van der Waals surface area contributed by atoms with Crippen LogP contribution < -0.4 is 0 Å². The van der Waals surface area contributed by atoms with Crippen LogP contribution in [-0.2, 0) is 14.3 Å². The summed E-state index contributed by atoms with van der Waals surface area (Å²) in [6, 6.07) is 0. The van der Waals surface area contributed by atoms with E-state index in [9.17, 15) is 18.4 Å². The normalized spacial score (nSPS) is 19.9. The zero-order chi connectivity index (χ0) is 12.9. The van der Waals surface area contributed by atoms with Gasteiger partial charge in [-0.2, -0.15) is 0 Å². The number of Topliss-reactive ketones (excluding diaryl/α,β-unsaturated/α-hetero) is 1. The lowest BCUT2D eigenvalue weighted by Gasteiger charge is -2.27. The first-order valence-electron chi connectivity index (χ1n) is 6.01. The van der Waals surface area contributed by atoms with Crippen molar-refractivity contribution < 1.29 is 23.1 Å². The fourth-order valence-electron chi connectivity index (χ4n) is 2.02. The first kappa shape index (κ1) is 14.1. The van der Waals surface area contributed by atoms with Crippen LogP contribution in [-0.4, -0.2) is 24.3 Å². The average Bonchev–Trinajstić information content (AvgIpc) is 2.26. The van der Waals surface area contributed by atoms with Gasteiger partial charge in [0, 0.05) is 25.2 Å². The van der Waals surface area contributed by atoms with Crippen molar-refractivity contribution in [1.29, 1.82) is 0 Å². The largest absolute Gasteiger partial charge is 0.466 e. The fourth-order valence-corrected chi connectivity index (χ4v) is 2.02. The lowest BCUT2D eigenvalue weighted by molar-refractivity contribution is -0.145. The highest BCUT2D eigenvalue weighted by molar-refractivity contribution is 5.84. The zero-order valence-electron chi connectivity index (χ0n) is 10.0. The summed E-state index contributed by atoms with van der Waals surface area (Å²) in [6.07, 6.45) is 0.184. The van der Waals surface area contributed by atoms with Crippen LogP contribution in [0.15, 0.2) is 0 Å². The Kier molecular flexibility index (Phi) is 5.02. The summed E-state index contributed by atoms with van der Waals surface area (Å²) in [5, 5.41) is 0. The molecule has 0 radical (unpaired) electrons. The Morgan fingerprint density at radius 2 is 1.82 bits per heavy atom. The van der Waals surface area contributed by atoms with Crippen molar-refractivity contribution in [3.05, 3.63) is 0 Å². The van der Waals surface area contributed by atoms with E-state index in [1.54, 1.807) is 6.92 Å². The molecule has 0 saturated heterocycles. The van der Waals surface area contributed by atoms with Gasteiger partial charge in [0.2, 0.25) is 5.92 Å². The van der Waals surface area contributed by atoms with E-state index in [1.165, 1.54) is 0 Å². The van der Waals surface area contributed by atoms with Crippen molar-refractivity contribution >= 4 is 11.8 Å². The summed E-state index contributed by atoms with van der Waals surface area (Å²) >= 11 is 0. The lowest BCUT2D eigenvalue weighted by atomic mass is 9.83. The monoisotopic (exact) mass is 248 g/mol. The molecular weight excluding hydrogens is 230 g/mol. The standard InChI is InChI=1S/C12H18F2O3/c1-2-17-11(16)4-3-10(15)9-5-7-12(13,14)8-6-9/h9H,2-8H2,1H3. The molecule has 0 aliphatic heterocycles. The van der Waals surface area contributed by atoms with Gasteiger partial charge in [-0.15, -0.1) is 0 Å². The van der Waals surface area contributed by atoms with Gasteiger partial charge in [-0.1, -0.05) is 0 Å². The number of carbonyl (C=O) groups is 2. The number of rotatable bonds is 5. The van der Waals surface area contributed by atoms with E-state index in [0.29, 0.717) is 6.61 Å². The molecule has 0 heterocycles. The molecule has 0 bridgehead atoms. The summed E-state index contributed by atoms with van der Waals surface area (Å²) in [6.45, 7) is 1.99. The SMILES string of the molecule is CCOC(=O)CCC(=O)C1CCC(F)(F)CC1. The van der Waals surface area contributed by atoms with Gasteiger partial charge in [-0.25, -0.2) is 8.78 Å². The van der Waals surface area contributed by atoms with Crippen molar-refractivity contribution in [2.24, 2.45) is 5.92 Å². The first-order chi connectivity index (χ1) is 7.94. The molecule has 1 aliphatic rings. The number of ketones is 1. The highest BCUT2D eigenvalue weighted by Crippen LogP contribution is 2.36. The van der Waals surface area contributed by atoms with Crippen LogP contribution in [0.2, 0.25) is 0 Å². The molecule has 0 N–H and O–H groups in total.